The van der Waals surface area contributed by atoms with Gasteiger partial charge in [0.05, 0.1) is 36.9 Å². The molecule has 9 rings (SSSR count). The Hall–Kier alpha value is -1.51. The minimum Gasteiger partial charge on any atom is -0.432 e. The van der Waals surface area contributed by atoms with E-state index in [1.165, 1.54) is 19.4 Å². The maximum absolute atomic E-state index is 15.2. The number of esters is 1. The summed E-state index contributed by atoms with van der Waals surface area (Å²) in [5.74, 6) is -0.251. The molecule has 4 heterocycles. The van der Waals surface area contributed by atoms with Crippen LogP contribution >= 0.6 is 0 Å². The Bertz CT molecular complexity index is 2020. The van der Waals surface area contributed by atoms with Crippen molar-refractivity contribution in [1.82, 2.24) is 0 Å². The zero-order valence-corrected chi connectivity index (χ0v) is 43.9. The molecule has 9 aliphatic rings. The third-order valence-corrected chi connectivity index (χ3v) is 21.0. The second-order valence-electron chi connectivity index (χ2n) is 25.8. The van der Waals surface area contributed by atoms with Crippen molar-refractivity contribution in [1.29, 1.82) is 0 Å². The Morgan fingerprint density at radius 3 is 1.85 bits per heavy atom. The van der Waals surface area contributed by atoms with Crippen LogP contribution in [0.25, 0.3) is 0 Å². The summed E-state index contributed by atoms with van der Waals surface area (Å²) in [7, 11) is 0. The van der Waals surface area contributed by atoms with Crippen molar-refractivity contribution >= 4 is 5.97 Å². The van der Waals surface area contributed by atoms with E-state index in [9.17, 15) is 56.2 Å². The van der Waals surface area contributed by atoms with Gasteiger partial charge in [0.15, 0.2) is 25.0 Å². The number of aliphatic hydroxyl groups is 11. The van der Waals surface area contributed by atoms with E-state index in [0.29, 0.717) is 25.7 Å². The van der Waals surface area contributed by atoms with Gasteiger partial charge >= 0.3 is 5.97 Å². The molecule has 8 fully saturated rings. The number of rotatable bonds is 9. The molecular weight excluding hydrogens is 957 g/mol. The van der Waals surface area contributed by atoms with Crippen molar-refractivity contribution in [3.05, 3.63) is 11.6 Å². The molecule has 4 saturated heterocycles. The van der Waals surface area contributed by atoms with E-state index in [0.717, 1.165) is 38.5 Å². The van der Waals surface area contributed by atoms with Gasteiger partial charge < -0.3 is 94.1 Å². The van der Waals surface area contributed by atoms with Crippen LogP contribution in [-0.4, -0.2) is 198 Å². The van der Waals surface area contributed by atoms with Crippen molar-refractivity contribution in [2.45, 2.75) is 249 Å². The molecule has 4 aliphatic heterocycles. The second kappa shape index (κ2) is 20.0. The predicted octanol–water partition coefficient (Wildman–Crippen LogP) is 0.659. The van der Waals surface area contributed by atoms with Crippen LogP contribution in [0.15, 0.2) is 11.6 Å². The molecule has 0 radical (unpaired) electrons. The first-order valence-corrected chi connectivity index (χ1v) is 26.9. The quantitative estimate of drug-likeness (QED) is 0.0859. The van der Waals surface area contributed by atoms with Gasteiger partial charge in [0.1, 0.15) is 73.2 Å². The lowest BCUT2D eigenvalue weighted by Gasteiger charge is -2.71. The third kappa shape index (κ3) is 9.11. The average Bonchev–Trinajstić information content (AvgIpc) is 3.33. The third-order valence-electron chi connectivity index (χ3n) is 21.0. The molecule has 0 aromatic carbocycles. The van der Waals surface area contributed by atoms with Gasteiger partial charge in [-0.25, -0.2) is 0 Å². The van der Waals surface area contributed by atoms with Crippen molar-refractivity contribution in [2.75, 3.05) is 13.2 Å². The zero-order chi connectivity index (χ0) is 53.3. The van der Waals surface area contributed by atoms with Gasteiger partial charge in [-0.15, -0.1) is 0 Å². The first kappa shape index (κ1) is 56.2. The highest BCUT2D eigenvalue weighted by molar-refractivity contribution is 5.79. The summed E-state index contributed by atoms with van der Waals surface area (Å²) in [6.07, 6.45) is -17.8. The molecule has 27 unspecified atom stereocenters. The first-order valence-electron chi connectivity index (χ1n) is 26.9. The zero-order valence-electron chi connectivity index (χ0n) is 43.9. The monoisotopic (exact) mass is 1040 g/mol. The summed E-state index contributed by atoms with van der Waals surface area (Å²) < 4.78 is 48.0. The van der Waals surface area contributed by atoms with Gasteiger partial charge in [0.25, 0.3) is 0 Å². The van der Waals surface area contributed by atoms with E-state index < -0.39 is 135 Å². The molecule has 0 bridgehead atoms. The summed E-state index contributed by atoms with van der Waals surface area (Å²) in [6.45, 7) is 18.3. The molecule has 418 valence electrons. The highest BCUT2D eigenvalue weighted by Gasteiger charge is 2.70. The maximum atomic E-state index is 15.2. The van der Waals surface area contributed by atoms with E-state index in [2.05, 4.69) is 54.5 Å². The van der Waals surface area contributed by atoms with Crippen LogP contribution in [0.2, 0.25) is 0 Å². The average molecular weight is 1040 g/mol. The fourth-order valence-electron chi connectivity index (χ4n) is 16.1. The summed E-state index contributed by atoms with van der Waals surface area (Å²) in [4.78, 5) is 15.2. The van der Waals surface area contributed by atoms with E-state index in [4.69, 9.17) is 37.9 Å². The molecule has 0 amide bonds. The van der Waals surface area contributed by atoms with Crippen LogP contribution in [0, 0.1) is 50.2 Å². The SMILES string of the molecule is CC1OC(OC2COC(OC3CCC4(C)C(CCC5(C)C4CC=C4C6CC(C)(C)CCC6(C(=O)OC6OC(CO)C(O)C(O)C6OC6OC(C)C(O)C(O)C6O)CCC45C)C3(C)C)C(O)C2O)C(O)C(O)C1O. The molecule has 73 heavy (non-hydrogen) atoms. The lowest BCUT2D eigenvalue weighted by Crippen LogP contribution is -2.66. The fourth-order valence-corrected chi connectivity index (χ4v) is 16.1. The van der Waals surface area contributed by atoms with Crippen LogP contribution in [0.5, 0.6) is 0 Å². The molecule has 0 spiro atoms. The van der Waals surface area contributed by atoms with Crippen LogP contribution in [0.1, 0.15) is 127 Å². The number of aliphatic hydroxyl groups excluding tert-OH is 11. The van der Waals surface area contributed by atoms with Gasteiger partial charge in [-0.1, -0.05) is 60.1 Å². The highest BCUT2D eigenvalue weighted by atomic mass is 16.8. The Labute approximate surface area is 428 Å². The Balaban J connectivity index is 0.923. The van der Waals surface area contributed by atoms with Gasteiger partial charge in [0, 0.05) is 0 Å². The second-order valence-corrected chi connectivity index (χ2v) is 25.8. The van der Waals surface area contributed by atoms with E-state index in [1.54, 1.807) is 0 Å². The first-order chi connectivity index (χ1) is 34.1. The minimum absolute atomic E-state index is 0.109. The van der Waals surface area contributed by atoms with E-state index >= 15 is 4.79 Å². The lowest BCUT2D eigenvalue weighted by atomic mass is 9.33. The topological polar surface area (TPSA) is 313 Å². The fraction of sp³-hybridized carbons (Fsp3) is 0.943. The Morgan fingerprint density at radius 1 is 0.616 bits per heavy atom. The number of ether oxygens (including phenoxy) is 8. The number of fused-ring (bicyclic) bond motifs is 7. The standard InChI is InChI=1S/C53H86O20/c1-23-32(55)36(59)40(63)44(67-23)70-28-22-66-43(39(62)35(28)58)71-31-13-14-50(7)29(49(31,5)6)12-15-52(9)30(50)11-10-25-26-20-48(3,4)16-18-53(26,19-17-51(25,52)8)47(65)73-46-42(38(61)34(57)27(21-54)69-46)72-45-41(64)37(60)33(56)24(2)68-45/h10,23-24,26-46,54-64H,11-22H2,1-9H3. The molecule has 27 atom stereocenters. The van der Waals surface area contributed by atoms with Gasteiger partial charge in [-0.3, -0.25) is 4.79 Å². The number of carbonyl (C=O) groups excluding carboxylic acids is 1. The summed E-state index contributed by atoms with van der Waals surface area (Å²) >= 11 is 0. The molecule has 20 nitrogen and oxygen atoms in total. The number of carbonyl (C=O) groups is 1. The van der Waals surface area contributed by atoms with Gasteiger partial charge in [0.2, 0.25) is 6.29 Å². The molecule has 11 N–H and O–H groups in total. The molecule has 0 aromatic heterocycles. The summed E-state index contributed by atoms with van der Waals surface area (Å²) in [5.41, 5.74) is -0.787. The molecule has 20 heteroatoms. The van der Waals surface area contributed by atoms with Crippen LogP contribution in [0.3, 0.4) is 0 Å². The van der Waals surface area contributed by atoms with Gasteiger partial charge in [-0.2, -0.15) is 0 Å². The molecule has 5 aliphatic carbocycles. The summed E-state index contributed by atoms with van der Waals surface area (Å²) in [5, 5.41) is 118. The number of hydrogen-bond donors (Lipinski definition) is 11. The largest absolute Gasteiger partial charge is 0.432 e. The van der Waals surface area contributed by atoms with E-state index in [-0.39, 0.29) is 57.5 Å². The predicted molar refractivity (Wildman–Crippen MR) is 254 cm³/mol. The molecule has 0 aromatic rings. The maximum Gasteiger partial charge on any atom is 0.315 e. The Kier molecular flexibility index (Phi) is 15.4. The number of hydrogen-bond acceptors (Lipinski definition) is 20. The smallest absolute Gasteiger partial charge is 0.315 e. The van der Waals surface area contributed by atoms with Crippen molar-refractivity contribution in [3.63, 3.8) is 0 Å². The van der Waals surface area contributed by atoms with Crippen LogP contribution in [0.4, 0.5) is 0 Å². The van der Waals surface area contributed by atoms with Crippen LogP contribution < -0.4 is 0 Å². The van der Waals surface area contributed by atoms with Crippen molar-refractivity contribution < 1.29 is 98.9 Å². The van der Waals surface area contributed by atoms with E-state index in [1.807, 2.05) is 0 Å². The van der Waals surface area contributed by atoms with Crippen LogP contribution in [-0.2, 0) is 42.7 Å². The Morgan fingerprint density at radius 2 is 1.22 bits per heavy atom. The molecule has 4 saturated carbocycles. The lowest BCUT2D eigenvalue weighted by molar-refractivity contribution is -0.361. The molecular formula is C53H86O20. The van der Waals surface area contributed by atoms with Gasteiger partial charge in [-0.05, 0) is 123 Å². The number of allylic oxidation sites excluding steroid dienone is 2. The summed E-state index contributed by atoms with van der Waals surface area (Å²) in [6, 6.07) is 0. The normalized spacial score (nSPS) is 54.7. The minimum atomic E-state index is -1.77. The van der Waals surface area contributed by atoms with Crippen molar-refractivity contribution in [2.24, 2.45) is 50.2 Å². The van der Waals surface area contributed by atoms with Crippen molar-refractivity contribution in [3.8, 4) is 0 Å². The highest BCUT2D eigenvalue weighted by Crippen LogP contribution is 2.76.